The van der Waals surface area contributed by atoms with Gasteiger partial charge in [0.25, 0.3) is 0 Å². The summed E-state index contributed by atoms with van der Waals surface area (Å²) in [4.78, 5) is 22.0. The summed E-state index contributed by atoms with van der Waals surface area (Å²) >= 11 is 0. The van der Waals surface area contributed by atoms with Gasteiger partial charge in [0.1, 0.15) is 0 Å². The fourth-order valence-corrected chi connectivity index (χ4v) is 1.66. The zero-order valence-electron chi connectivity index (χ0n) is 19.9. The number of aromatic nitrogens is 6. The maximum absolute atomic E-state index is 3.66. The van der Waals surface area contributed by atoms with Crippen molar-refractivity contribution in [2.75, 3.05) is 0 Å². The molecular formula is C30H24FeN6. The minimum Gasteiger partial charge on any atom is -0.394 e. The maximum Gasteiger partial charge on any atom is 6.00 e. The third kappa shape index (κ3) is 27.5. The summed E-state index contributed by atoms with van der Waals surface area (Å²) in [7, 11) is 0. The minimum absolute atomic E-state index is 0. The van der Waals surface area contributed by atoms with Gasteiger partial charge in [0, 0.05) is 0 Å². The van der Waals surface area contributed by atoms with Crippen molar-refractivity contribution in [2.45, 2.75) is 0 Å². The van der Waals surface area contributed by atoms with Crippen molar-refractivity contribution < 1.29 is 17.1 Å². The average molecular weight is 524 g/mol. The Morgan fingerprint density at radius 2 is 0.405 bits per heavy atom. The van der Waals surface area contributed by atoms with E-state index in [2.05, 4.69) is 67.1 Å². The van der Waals surface area contributed by atoms with E-state index in [9.17, 15) is 0 Å². The molecule has 0 saturated heterocycles. The van der Waals surface area contributed by atoms with Gasteiger partial charge in [-0.2, -0.15) is 109 Å². The van der Waals surface area contributed by atoms with Crippen LogP contribution in [0, 0.1) is 37.2 Å². The van der Waals surface area contributed by atoms with Gasteiger partial charge in [0.05, 0.1) is 0 Å². The molecule has 0 bridgehead atoms. The topological polar surface area (TPSA) is 77.3 Å². The largest absolute Gasteiger partial charge is 6.00 e. The molecule has 0 aliphatic heterocycles. The molecule has 0 radical (unpaired) electrons. The fraction of sp³-hybridized carbons (Fsp3) is 0. The van der Waals surface area contributed by atoms with E-state index in [0.717, 1.165) is 0 Å². The summed E-state index contributed by atoms with van der Waals surface area (Å²) in [5.74, 6) is 0. The van der Waals surface area contributed by atoms with Crippen molar-refractivity contribution in [1.29, 1.82) is 0 Å². The second-order valence-electron chi connectivity index (χ2n) is 5.75. The Morgan fingerprint density at radius 3 is 0.432 bits per heavy atom. The van der Waals surface area contributed by atoms with E-state index >= 15 is 0 Å². The van der Waals surface area contributed by atoms with Crippen LogP contribution < -0.4 is 0 Å². The molecule has 0 aliphatic carbocycles. The summed E-state index contributed by atoms with van der Waals surface area (Å²) < 4.78 is 0. The number of nitrogens with zero attached hydrogens (tertiary/aromatic N) is 6. The summed E-state index contributed by atoms with van der Waals surface area (Å²) in [6.07, 6.45) is 26.0. The number of hydrogen-bond donors (Lipinski definition) is 0. The predicted octanol–water partition coefficient (Wildman–Crippen LogP) is 5.29. The second-order valence-corrected chi connectivity index (χ2v) is 5.75. The Balaban J connectivity index is 0.000000418. The van der Waals surface area contributed by atoms with E-state index in [1.165, 1.54) is 0 Å². The van der Waals surface area contributed by atoms with Crippen LogP contribution in [-0.2, 0) is 17.1 Å². The Morgan fingerprint density at radius 1 is 0.243 bits per heavy atom. The zero-order valence-corrected chi connectivity index (χ0v) is 21.0. The van der Waals surface area contributed by atoms with E-state index in [1.54, 1.807) is 73.6 Å². The number of hydrogen-bond acceptors (Lipinski definition) is 6. The molecule has 6 aromatic heterocycles. The van der Waals surface area contributed by atoms with E-state index in [1.807, 2.05) is 72.8 Å². The van der Waals surface area contributed by atoms with Crippen LogP contribution in [0.1, 0.15) is 0 Å². The first-order valence-electron chi connectivity index (χ1n) is 10.6. The van der Waals surface area contributed by atoms with Crippen LogP contribution in [0.3, 0.4) is 0 Å². The van der Waals surface area contributed by atoms with Crippen molar-refractivity contribution in [3.05, 3.63) is 184 Å². The van der Waals surface area contributed by atoms with Crippen molar-refractivity contribution in [1.82, 2.24) is 29.9 Å². The summed E-state index contributed by atoms with van der Waals surface area (Å²) in [6, 6.07) is 33.0. The number of rotatable bonds is 0. The van der Waals surface area contributed by atoms with Gasteiger partial charge in [-0.3, -0.25) is 0 Å². The quantitative estimate of drug-likeness (QED) is 0.199. The summed E-state index contributed by atoms with van der Waals surface area (Å²) in [6.45, 7) is 0. The Kier molecular flexibility index (Phi) is 25.8. The molecule has 6 rings (SSSR count). The van der Waals surface area contributed by atoms with E-state index in [0.29, 0.717) is 0 Å². The molecule has 0 amide bonds. The van der Waals surface area contributed by atoms with Gasteiger partial charge >= 0.3 is 17.1 Å². The fourth-order valence-electron chi connectivity index (χ4n) is 1.66. The van der Waals surface area contributed by atoms with E-state index in [-0.39, 0.29) is 17.1 Å². The average Bonchev–Trinajstić information content (AvgIpc) is 3.04. The molecule has 0 atom stereocenters. The van der Waals surface area contributed by atoms with Gasteiger partial charge < -0.3 is 29.9 Å². The van der Waals surface area contributed by atoms with Gasteiger partial charge in [-0.15, -0.1) is 0 Å². The Bertz CT molecular complexity index is 706. The van der Waals surface area contributed by atoms with Gasteiger partial charge in [-0.1, -0.05) is 74.4 Å². The van der Waals surface area contributed by atoms with Crippen molar-refractivity contribution in [3.63, 3.8) is 0 Å². The second kappa shape index (κ2) is 29.5. The molecule has 0 unspecified atom stereocenters. The zero-order chi connectivity index (χ0) is 25.5. The normalized spacial score (nSPS) is 7.78. The van der Waals surface area contributed by atoms with Crippen molar-refractivity contribution >= 4 is 0 Å². The molecule has 6 nitrogen and oxygen atoms in total. The first-order chi connectivity index (χ1) is 18.0. The van der Waals surface area contributed by atoms with Crippen molar-refractivity contribution in [2.24, 2.45) is 0 Å². The van der Waals surface area contributed by atoms with Crippen LogP contribution in [0.15, 0.2) is 146 Å². The predicted molar refractivity (Wildman–Crippen MR) is 138 cm³/mol. The third-order valence-electron chi connectivity index (χ3n) is 3.10. The molecule has 6 heterocycles. The van der Waals surface area contributed by atoms with Crippen LogP contribution in [0.25, 0.3) is 0 Å². The van der Waals surface area contributed by atoms with Crippen LogP contribution in [0.4, 0.5) is 0 Å². The molecule has 182 valence electrons. The molecular weight excluding hydrogens is 500 g/mol. The molecule has 0 aliphatic rings. The van der Waals surface area contributed by atoms with Gasteiger partial charge in [-0.25, -0.2) is 0 Å². The van der Waals surface area contributed by atoms with Gasteiger partial charge in [0.15, 0.2) is 0 Å². The van der Waals surface area contributed by atoms with E-state index < -0.39 is 0 Å². The standard InChI is InChI=1S/6C5H4N.Fe/c6*1-2-4-6-5-3-1;/h6*1-4H;/q6*-1;+6. The van der Waals surface area contributed by atoms with Gasteiger partial charge in [-0.05, 0) is 0 Å². The molecule has 0 saturated carbocycles. The first-order valence-corrected chi connectivity index (χ1v) is 10.6. The van der Waals surface area contributed by atoms with Crippen molar-refractivity contribution in [3.8, 4) is 0 Å². The number of pyridine rings is 6. The molecule has 0 spiro atoms. The molecule has 0 aromatic carbocycles. The maximum atomic E-state index is 3.66. The third-order valence-corrected chi connectivity index (χ3v) is 3.10. The summed E-state index contributed by atoms with van der Waals surface area (Å²) in [5.41, 5.74) is 0. The minimum atomic E-state index is 0. The molecule has 37 heavy (non-hydrogen) atoms. The van der Waals surface area contributed by atoms with Crippen LogP contribution in [0.2, 0.25) is 0 Å². The van der Waals surface area contributed by atoms with Crippen LogP contribution in [-0.4, -0.2) is 29.9 Å². The SMILES string of the molecule is [Fe+6].[c-]1ccccn1.[c-]1ccccn1.[c-]1ccccn1.[c-]1ccccn1.[c-]1ccccn1.[c-]1ccccn1. The van der Waals surface area contributed by atoms with Gasteiger partial charge in [0.2, 0.25) is 0 Å². The monoisotopic (exact) mass is 524 g/mol. The smallest absolute Gasteiger partial charge is 0.394 e. The first kappa shape index (κ1) is 32.4. The molecule has 0 N–H and O–H groups in total. The molecule has 6 aromatic rings. The van der Waals surface area contributed by atoms with Crippen LogP contribution >= 0.6 is 0 Å². The molecule has 7 heteroatoms. The summed E-state index contributed by atoms with van der Waals surface area (Å²) in [5, 5.41) is 0. The van der Waals surface area contributed by atoms with E-state index in [4.69, 9.17) is 0 Å². The Labute approximate surface area is 230 Å². The molecule has 0 fully saturated rings. The Hall–Kier alpha value is -4.58. The van der Waals surface area contributed by atoms with Crippen LogP contribution in [0.5, 0.6) is 0 Å².